The normalized spacial score (nSPS) is 10.6. The van der Waals surface area contributed by atoms with Crippen molar-refractivity contribution in [3.05, 3.63) is 45.7 Å². The van der Waals surface area contributed by atoms with Crippen LogP contribution in [0, 0.1) is 26.2 Å². The van der Waals surface area contributed by atoms with Gasteiger partial charge in [-0.15, -0.1) is 0 Å². The van der Waals surface area contributed by atoms with Gasteiger partial charge < -0.3 is 5.73 Å². The van der Waals surface area contributed by atoms with Crippen molar-refractivity contribution < 1.29 is 0 Å². The first-order valence-electron chi connectivity index (χ1n) is 6.02. The van der Waals surface area contributed by atoms with Gasteiger partial charge in [-0.2, -0.15) is 0 Å². The van der Waals surface area contributed by atoms with Crippen LogP contribution in [0.1, 0.15) is 22.5 Å². The zero-order valence-corrected chi connectivity index (χ0v) is 13.1. The third-order valence-corrected chi connectivity index (χ3v) is 4.30. The summed E-state index contributed by atoms with van der Waals surface area (Å²) in [6.07, 6.45) is 0. The average Bonchev–Trinajstić information content (AvgIpc) is 2.35. The van der Waals surface area contributed by atoms with E-state index < -0.39 is 0 Å². The molecule has 0 aliphatic carbocycles. The van der Waals surface area contributed by atoms with Crippen molar-refractivity contribution in [2.24, 2.45) is 5.73 Å². The van der Waals surface area contributed by atoms with E-state index in [4.69, 9.17) is 22.7 Å². The van der Waals surface area contributed by atoms with Gasteiger partial charge in [0.25, 0.3) is 0 Å². The van der Waals surface area contributed by atoms with Gasteiger partial charge in [0.1, 0.15) is 5.84 Å². The number of nitrogen functional groups attached to an aromatic ring is 1. The molecule has 2 aromatic rings. The molecular formula is C14H15ClN4S. The minimum Gasteiger partial charge on any atom is -0.384 e. The van der Waals surface area contributed by atoms with Gasteiger partial charge in [-0.3, -0.25) is 5.41 Å². The van der Waals surface area contributed by atoms with Gasteiger partial charge in [-0.1, -0.05) is 17.7 Å². The van der Waals surface area contributed by atoms with Gasteiger partial charge in [0.05, 0.1) is 5.02 Å². The highest BCUT2D eigenvalue weighted by molar-refractivity contribution is 7.99. The highest BCUT2D eigenvalue weighted by Gasteiger charge is 2.13. The van der Waals surface area contributed by atoms with E-state index in [0.717, 1.165) is 21.8 Å². The molecule has 0 amide bonds. The molecular weight excluding hydrogens is 292 g/mol. The van der Waals surface area contributed by atoms with E-state index in [-0.39, 0.29) is 5.84 Å². The Morgan fingerprint density at radius 1 is 1.20 bits per heavy atom. The minimum atomic E-state index is -0.0568. The third-order valence-electron chi connectivity index (χ3n) is 3.06. The van der Waals surface area contributed by atoms with Crippen molar-refractivity contribution in [2.75, 3.05) is 0 Å². The molecule has 0 fully saturated rings. The van der Waals surface area contributed by atoms with E-state index in [1.807, 2.05) is 32.9 Å². The maximum Gasteiger partial charge on any atom is 0.192 e. The van der Waals surface area contributed by atoms with Gasteiger partial charge in [0.2, 0.25) is 0 Å². The number of nitrogens with zero attached hydrogens (tertiary/aromatic N) is 2. The molecule has 0 unspecified atom stereocenters. The molecule has 1 aromatic heterocycles. The molecule has 1 aromatic carbocycles. The largest absolute Gasteiger partial charge is 0.384 e. The summed E-state index contributed by atoms with van der Waals surface area (Å²) in [5.74, 6) is -0.0568. The molecule has 0 bridgehead atoms. The number of hydrogen-bond donors (Lipinski definition) is 2. The summed E-state index contributed by atoms with van der Waals surface area (Å²) in [6.45, 7) is 5.91. The number of aromatic nitrogens is 2. The molecule has 0 radical (unpaired) electrons. The van der Waals surface area contributed by atoms with Crippen molar-refractivity contribution in [2.45, 2.75) is 30.8 Å². The number of amidine groups is 1. The van der Waals surface area contributed by atoms with Crippen LogP contribution < -0.4 is 5.73 Å². The lowest BCUT2D eigenvalue weighted by atomic mass is 10.2. The van der Waals surface area contributed by atoms with Crippen LogP contribution in [0.3, 0.4) is 0 Å². The summed E-state index contributed by atoms with van der Waals surface area (Å²) in [6, 6.07) is 5.40. The van der Waals surface area contributed by atoms with Crippen LogP contribution in [0.15, 0.2) is 28.3 Å². The topological polar surface area (TPSA) is 75.7 Å². The molecule has 1 heterocycles. The van der Waals surface area contributed by atoms with E-state index in [0.29, 0.717) is 15.7 Å². The third kappa shape index (κ3) is 2.94. The quantitative estimate of drug-likeness (QED) is 0.517. The second kappa shape index (κ2) is 5.81. The lowest BCUT2D eigenvalue weighted by Crippen LogP contribution is -2.13. The van der Waals surface area contributed by atoms with Gasteiger partial charge >= 0.3 is 0 Å². The Morgan fingerprint density at radius 2 is 1.80 bits per heavy atom. The van der Waals surface area contributed by atoms with Gasteiger partial charge in [-0.25, -0.2) is 9.97 Å². The molecule has 6 heteroatoms. The Morgan fingerprint density at radius 3 is 2.35 bits per heavy atom. The molecule has 2 rings (SSSR count). The Balaban J connectivity index is 2.45. The summed E-state index contributed by atoms with van der Waals surface area (Å²) in [4.78, 5) is 9.70. The van der Waals surface area contributed by atoms with E-state index in [9.17, 15) is 0 Å². The first-order chi connectivity index (χ1) is 9.40. The SMILES string of the molecule is Cc1nc(Sc2cccc(Cl)c2C(=N)N)nc(C)c1C. The minimum absolute atomic E-state index is 0.0568. The Kier molecular flexibility index (Phi) is 4.30. The molecule has 0 aliphatic heterocycles. The summed E-state index contributed by atoms with van der Waals surface area (Å²) in [5, 5.41) is 8.74. The monoisotopic (exact) mass is 306 g/mol. The second-order valence-corrected chi connectivity index (χ2v) is 5.85. The van der Waals surface area contributed by atoms with E-state index in [1.165, 1.54) is 11.8 Å². The first kappa shape index (κ1) is 14.8. The van der Waals surface area contributed by atoms with Gasteiger partial charge in [0, 0.05) is 21.8 Å². The fraction of sp³-hybridized carbons (Fsp3) is 0.214. The van der Waals surface area contributed by atoms with Crippen LogP contribution in [0.2, 0.25) is 5.02 Å². The van der Waals surface area contributed by atoms with Crippen molar-refractivity contribution in [1.29, 1.82) is 5.41 Å². The lowest BCUT2D eigenvalue weighted by Gasteiger charge is -2.10. The fourth-order valence-corrected chi connectivity index (χ4v) is 3.10. The lowest BCUT2D eigenvalue weighted by molar-refractivity contribution is 0.881. The van der Waals surface area contributed by atoms with Crippen LogP contribution in [0.5, 0.6) is 0 Å². The maximum atomic E-state index is 7.64. The predicted molar refractivity (Wildman–Crippen MR) is 82.8 cm³/mol. The van der Waals surface area contributed by atoms with Crippen LogP contribution in [-0.4, -0.2) is 15.8 Å². The van der Waals surface area contributed by atoms with Crippen LogP contribution in [0.25, 0.3) is 0 Å². The van der Waals surface area contributed by atoms with Crippen molar-refractivity contribution >= 4 is 29.2 Å². The van der Waals surface area contributed by atoms with E-state index in [2.05, 4.69) is 9.97 Å². The standard InChI is InChI=1S/C14H15ClN4S/c1-7-8(2)18-14(19-9(7)3)20-11-6-4-5-10(15)12(11)13(16)17/h4-6H,1-3H3,(H3,16,17). The average molecular weight is 307 g/mol. The number of nitrogens with two attached hydrogens (primary N) is 1. The Bertz CT molecular complexity index is 662. The molecule has 0 saturated heterocycles. The molecule has 3 N–H and O–H groups in total. The molecule has 0 saturated carbocycles. The second-order valence-electron chi connectivity index (χ2n) is 4.43. The molecule has 104 valence electrons. The Labute approximate surface area is 127 Å². The highest BCUT2D eigenvalue weighted by atomic mass is 35.5. The number of rotatable bonds is 3. The van der Waals surface area contributed by atoms with Crippen LogP contribution in [-0.2, 0) is 0 Å². The summed E-state index contributed by atoms with van der Waals surface area (Å²) >= 11 is 7.47. The molecule has 0 aliphatic rings. The van der Waals surface area contributed by atoms with E-state index in [1.54, 1.807) is 6.07 Å². The molecule has 20 heavy (non-hydrogen) atoms. The molecule has 0 spiro atoms. The van der Waals surface area contributed by atoms with Crippen molar-refractivity contribution in [3.63, 3.8) is 0 Å². The zero-order valence-electron chi connectivity index (χ0n) is 11.5. The number of nitrogens with one attached hydrogen (secondary N) is 1. The van der Waals surface area contributed by atoms with Crippen LogP contribution >= 0.6 is 23.4 Å². The first-order valence-corrected chi connectivity index (χ1v) is 7.22. The molecule has 0 atom stereocenters. The van der Waals surface area contributed by atoms with Gasteiger partial charge in [-0.05, 0) is 50.2 Å². The maximum absolute atomic E-state index is 7.64. The smallest absolute Gasteiger partial charge is 0.192 e. The van der Waals surface area contributed by atoms with E-state index >= 15 is 0 Å². The summed E-state index contributed by atoms with van der Waals surface area (Å²) in [5.41, 5.74) is 9.11. The summed E-state index contributed by atoms with van der Waals surface area (Å²) < 4.78 is 0. The zero-order chi connectivity index (χ0) is 14.9. The summed E-state index contributed by atoms with van der Waals surface area (Å²) in [7, 11) is 0. The molecule has 4 nitrogen and oxygen atoms in total. The number of halogens is 1. The predicted octanol–water partition coefficient (Wildman–Crippen LogP) is 3.49. The number of hydrogen-bond acceptors (Lipinski definition) is 4. The fourth-order valence-electron chi connectivity index (χ4n) is 1.74. The highest BCUT2D eigenvalue weighted by Crippen LogP contribution is 2.32. The van der Waals surface area contributed by atoms with Crippen molar-refractivity contribution in [1.82, 2.24) is 9.97 Å². The van der Waals surface area contributed by atoms with Gasteiger partial charge in [0.15, 0.2) is 5.16 Å². The number of benzene rings is 1. The Hall–Kier alpha value is -1.59. The van der Waals surface area contributed by atoms with Crippen molar-refractivity contribution in [3.8, 4) is 0 Å². The van der Waals surface area contributed by atoms with Crippen LogP contribution in [0.4, 0.5) is 0 Å². The number of aryl methyl sites for hydroxylation is 2.